The highest BCUT2D eigenvalue weighted by Crippen LogP contribution is 2.48. The summed E-state index contributed by atoms with van der Waals surface area (Å²) < 4.78 is 52.1. The van der Waals surface area contributed by atoms with Gasteiger partial charge in [-0.2, -0.15) is 23.7 Å². The van der Waals surface area contributed by atoms with Crippen molar-refractivity contribution in [3.63, 3.8) is 0 Å². The van der Waals surface area contributed by atoms with E-state index in [9.17, 15) is 37.6 Å². The van der Waals surface area contributed by atoms with Gasteiger partial charge in [0.2, 0.25) is 0 Å². The maximum Gasteiger partial charge on any atom is 0.418 e. The van der Waals surface area contributed by atoms with Gasteiger partial charge in [-0.1, -0.05) is 82.3 Å². The summed E-state index contributed by atoms with van der Waals surface area (Å²) >= 11 is 0. The monoisotopic (exact) mass is 912 g/mol. The number of amides is 4. The summed E-state index contributed by atoms with van der Waals surface area (Å²) in [6.45, 7) is 11.1. The summed E-state index contributed by atoms with van der Waals surface area (Å²) in [6, 6.07) is 28.6. The molecule has 0 atom stereocenters. The molecule has 0 saturated carbocycles. The summed E-state index contributed by atoms with van der Waals surface area (Å²) in [5.41, 5.74) is 2.60. The van der Waals surface area contributed by atoms with E-state index >= 15 is 0 Å². The van der Waals surface area contributed by atoms with Gasteiger partial charge in [-0.15, -0.1) is 0 Å². The topological polar surface area (TPSA) is 147 Å². The summed E-state index contributed by atoms with van der Waals surface area (Å²) in [6.07, 6.45) is 1.59. The number of nitrogens with zero attached hydrogens (tertiary/aromatic N) is 6. The standard InChI is InChI=1S/C31H33N3O4.C21H18F3N3O2/c1-22-24(15-16-28-31(2,3)26-13-8-9-14-27(26)33(28)4)29(35)34(30(36)25(22)21-32)17-10-18-37-19-20-38-23-11-6-5-7-12-23;1-20(2)14-7-5-6-8-15(14)26(3)16(20)10-9-12-17(21(22,23)24)13(11-25)19(29)27(4)18(12)28/h5-9,11-16H,10,17-20H2,1-4H3;5-10H,1-4H3/b24-15-,28-16+;12-9-,16-10+. The second-order valence-corrected chi connectivity index (χ2v) is 17.2. The average Bonchev–Trinajstić information content (AvgIpc) is 3.62. The van der Waals surface area contributed by atoms with Crippen LogP contribution in [0.3, 0.4) is 0 Å². The van der Waals surface area contributed by atoms with E-state index < -0.39 is 51.9 Å². The van der Waals surface area contributed by atoms with Crippen LogP contribution in [0, 0.1) is 22.7 Å². The van der Waals surface area contributed by atoms with Gasteiger partial charge >= 0.3 is 6.18 Å². The first kappa shape index (κ1) is 49.0. The smallest absolute Gasteiger partial charge is 0.418 e. The third kappa shape index (κ3) is 9.46. The zero-order chi connectivity index (χ0) is 49.0. The Labute approximate surface area is 388 Å². The maximum absolute atomic E-state index is 13.6. The first-order chi connectivity index (χ1) is 31.7. The lowest BCUT2D eigenvalue weighted by Gasteiger charge is -2.28. The number of likely N-dealkylation sites (N-methyl/N-ethyl adjacent to an activating group) is 3. The molecule has 4 amide bonds. The van der Waals surface area contributed by atoms with Crippen LogP contribution in [0.25, 0.3) is 0 Å². The second-order valence-electron chi connectivity index (χ2n) is 17.2. The van der Waals surface area contributed by atoms with Crippen molar-refractivity contribution in [3.05, 3.63) is 159 Å². The van der Waals surface area contributed by atoms with E-state index in [-0.39, 0.29) is 17.5 Å². The third-order valence-corrected chi connectivity index (χ3v) is 12.4. The largest absolute Gasteiger partial charge is 0.491 e. The number of rotatable bonds is 10. The summed E-state index contributed by atoms with van der Waals surface area (Å²) in [4.78, 5) is 56.4. The summed E-state index contributed by atoms with van der Waals surface area (Å²) in [5, 5.41) is 18.8. The van der Waals surface area contributed by atoms with Crippen LogP contribution in [0.15, 0.2) is 148 Å². The SMILES string of the molecule is CC1=C(C#N)C(=O)N(CCCOCCOc2ccccc2)C(=O)/C1=C\C=C1\N(C)c2ccccc2C1(C)C.CN1C(=O)C(C#N)=C(C(F)(F)F)/C(=C/C=C2/N(C)c3ccccc3C2(C)C)C1=O. The molecule has 0 fully saturated rings. The molecule has 346 valence electrons. The van der Waals surface area contributed by atoms with Gasteiger partial charge in [-0.25, -0.2) is 0 Å². The van der Waals surface area contributed by atoms with E-state index in [1.807, 2.05) is 105 Å². The molecule has 4 aliphatic rings. The molecule has 0 unspecified atom stereocenters. The molecule has 4 heterocycles. The van der Waals surface area contributed by atoms with Crippen molar-refractivity contribution in [2.24, 2.45) is 0 Å². The highest BCUT2D eigenvalue weighted by Gasteiger charge is 2.48. The lowest BCUT2D eigenvalue weighted by Crippen LogP contribution is -2.43. The fourth-order valence-corrected chi connectivity index (χ4v) is 8.79. The molecule has 12 nitrogen and oxygen atoms in total. The number of halogens is 3. The van der Waals surface area contributed by atoms with E-state index in [0.717, 1.165) is 46.4 Å². The number of alkyl halides is 3. The van der Waals surface area contributed by atoms with Crippen LogP contribution in [0.5, 0.6) is 5.75 Å². The van der Waals surface area contributed by atoms with Gasteiger partial charge in [0, 0.05) is 73.5 Å². The molecule has 67 heavy (non-hydrogen) atoms. The zero-order valence-corrected chi connectivity index (χ0v) is 38.6. The Balaban J connectivity index is 0.000000229. The Morgan fingerprint density at radius 1 is 0.612 bits per heavy atom. The van der Waals surface area contributed by atoms with Crippen molar-refractivity contribution < 1.29 is 41.8 Å². The summed E-state index contributed by atoms with van der Waals surface area (Å²) in [7, 11) is 4.85. The Morgan fingerprint density at radius 3 is 1.63 bits per heavy atom. The quantitative estimate of drug-likeness (QED) is 0.110. The Kier molecular flexibility index (Phi) is 14.3. The number of nitriles is 2. The van der Waals surface area contributed by atoms with Gasteiger partial charge in [0.15, 0.2) is 0 Å². The Morgan fingerprint density at radius 2 is 1.12 bits per heavy atom. The van der Waals surface area contributed by atoms with Crippen LogP contribution in [0.1, 0.15) is 52.2 Å². The minimum atomic E-state index is -5.03. The minimum Gasteiger partial charge on any atom is -0.491 e. The number of benzene rings is 3. The van der Waals surface area contributed by atoms with Gasteiger partial charge < -0.3 is 19.3 Å². The number of carbonyl (C=O) groups excluding carboxylic acids is 4. The normalized spacial score (nSPS) is 20.1. The molecule has 15 heteroatoms. The van der Waals surface area contributed by atoms with Crippen molar-refractivity contribution in [2.45, 2.75) is 58.0 Å². The highest BCUT2D eigenvalue weighted by atomic mass is 19.4. The molecule has 0 bridgehead atoms. The van der Waals surface area contributed by atoms with Crippen molar-refractivity contribution in [1.82, 2.24) is 9.80 Å². The van der Waals surface area contributed by atoms with Gasteiger partial charge in [0.1, 0.15) is 35.6 Å². The predicted molar refractivity (Wildman–Crippen MR) is 247 cm³/mol. The zero-order valence-electron chi connectivity index (χ0n) is 38.6. The highest BCUT2D eigenvalue weighted by molar-refractivity contribution is 6.19. The summed E-state index contributed by atoms with van der Waals surface area (Å²) in [5.74, 6) is -2.55. The fourth-order valence-electron chi connectivity index (χ4n) is 8.79. The molecule has 4 aliphatic heterocycles. The molecule has 0 spiro atoms. The molecular formula is C52H51F3N6O6. The molecule has 0 aromatic heterocycles. The van der Waals surface area contributed by atoms with Crippen molar-refractivity contribution in [3.8, 4) is 17.9 Å². The van der Waals surface area contributed by atoms with Crippen molar-refractivity contribution in [1.29, 1.82) is 10.5 Å². The molecule has 0 N–H and O–H groups in total. The number of fused-ring (bicyclic) bond motifs is 2. The van der Waals surface area contributed by atoms with E-state index in [0.29, 0.717) is 48.0 Å². The third-order valence-electron chi connectivity index (χ3n) is 12.4. The molecule has 0 saturated heterocycles. The number of hydrogen-bond acceptors (Lipinski definition) is 10. The average molecular weight is 913 g/mol. The van der Waals surface area contributed by atoms with Crippen LogP contribution >= 0.6 is 0 Å². The maximum atomic E-state index is 13.6. The fraction of sp³-hybridized carbons (Fsp3) is 0.308. The number of anilines is 2. The first-order valence-corrected chi connectivity index (χ1v) is 21.5. The first-order valence-electron chi connectivity index (χ1n) is 21.5. The molecular weight excluding hydrogens is 862 g/mol. The number of para-hydroxylation sites is 3. The van der Waals surface area contributed by atoms with Crippen LogP contribution in [0.2, 0.25) is 0 Å². The van der Waals surface area contributed by atoms with Crippen molar-refractivity contribution >= 4 is 35.0 Å². The lowest BCUT2D eigenvalue weighted by atomic mass is 9.83. The van der Waals surface area contributed by atoms with E-state index in [1.54, 1.807) is 20.0 Å². The van der Waals surface area contributed by atoms with Crippen LogP contribution < -0.4 is 14.5 Å². The molecule has 0 aliphatic carbocycles. The number of imide groups is 2. The molecule has 0 radical (unpaired) electrons. The number of ether oxygens (including phenoxy) is 2. The predicted octanol–water partition coefficient (Wildman–Crippen LogP) is 8.52. The molecule has 3 aromatic rings. The van der Waals surface area contributed by atoms with Crippen LogP contribution in [-0.2, 0) is 34.7 Å². The lowest BCUT2D eigenvalue weighted by molar-refractivity contribution is -0.142. The molecule has 3 aromatic carbocycles. The second kappa shape index (κ2) is 19.5. The molecule has 7 rings (SSSR count). The van der Waals surface area contributed by atoms with Crippen LogP contribution in [0.4, 0.5) is 24.5 Å². The van der Waals surface area contributed by atoms with E-state index in [1.165, 1.54) is 17.7 Å². The van der Waals surface area contributed by atoms with E-state index in [4.69, 9.17) is 14.7 Å². The number of hydrogen-bond donors (Lipinski definition) is 0. The van der Waals surface area contributed by atoms with Gasteiger partial charge in [-0.05, 0) is 78.6 Å². The number of allylic oxidation sites excluding steroid dienone is 6. The van der Waals surface area contributed by atoms with Crippen LogP contribution in [-0.4, -0.2) is 87.1 Å². The number of carbonyl (C=O) groups is 4. The minimum absolute atomic E-state index is 0.00578. The Bertz CT molecular complexity index is 2780. The van der Waals surface area contributed by atoms with Gasteiger partial charge in [0.05, 0.1) is 17.8 Å². The van der Waals surface area contributed by atoms with Gasteiger partial charge in [-0.3, -0.25) is 29.0 Å². The van der Waals surface area contributed by atoms with Gasteiger partial charge in [0.25, 0.3) is 23.6 Å². The van der Waals surface area contributed by atoms with E-state index in [2.05, 4.69) is 30.9 Å². The Hall–Kier alpha value is -7.49. The van der Waals surface area contributed by atoms with Crippen molar-refractivity contribution in [2.75, 3.05) is 57.3 Å².